The zero-order valence-electron chi connectivity index (χ0n) is 23.5. The average molecular weight is 520 g/mol. The van der Waals surface area contributed by atoms with Crippen molar-refractivity contribution in [3.63, 3.8) is 0 Å². The molecule has 4 nitrogen and oxygen atoms in total. The van der Waals surface area contributed by atoms with Crippen molar-refractivity contribution >= 4 is 11.3 Å². The summed E-state index contributed by atoms with van der Waals surface area (Å²) in [6, 6.07) is 15.0. The summed E-state index contributed by atoms with van der Waals surface area (Å²) in [6.45, 7) is 11.7. The maximum absolute atomic E-state index is 12.3. The Labute approximate surface area is 229 Å². The van der Waals surface area contributed by atoms with Crippen LogP contribution >= 0.6 is 0 Å². The van der Waals surface area contributed by atoms with Crippen molar-refractivity contribution in [2.24, 2.45) is 0 Å². The van der Waals surface area contributed by atoms with E-state index in [1.54, 1.807) is 0 Å². The normalized spacial score (nSPS) is 18.1. The topological polar surface area (TPSA) is 41.7 Å². The first kappa shape index (κ1) is 28.4. The van der Waals surface area contributed by atoms with E-state index < -0.39 is 0 Å². The Morgan fingerprint density at radius 2 is 1.95 bits per heavy atom. The second-order valence-corrected chi connectivity index (χ2v) is 11.0. The number of hydrogen-bond donors (Lipinski definition) is 1. The van der Waals surface area contributed by atoms with Gasteiger partial charge in [-0.1, -0.05) is 37.3 Å². The number of alkyl halides is 1. The van der Waals surface area contributed by atoms with Crippen LogP contribution in [0.25, 0.3) is 5.57 Å². The molecule has 206 valence electrons. The van der Waals surface area contributed by atoms with Gasteiger partial charge in [-0.05, 0) is 124 Å². The molecule has 1 atom stereocenters. The molecule has 2 aromatic rings. The maximum atomic E-state index is 12.3. The van der Waals surface area contributed by atoms with Gasteiger partial charge in [0.05, 0.1) is 6.67 Å². The van der Waals surface area contributed by atoms with Crippen molar-refractivity contribution in [2.75, 3.05) is 52.2 Å². The number of nitrogens with zero attached hydrogens (tertiary/aromatic N) is 2. The van der Waals surface area contributed by atoms with Crippen LogP contribution in [0.2, 0.25) is 0 Å². The molecule has 2 aliphatic rings. The summed E-state index contributed by atoms with van der Waals surface area (Å²) in [4.78, 5) is 4.79. The van der Waals surface area contributed by atoms with Gasteiger partial charge >= 0.3 is 0 Å². The van der Waals surface area contributed by atoms with Crippen LogP contribution in [0, 0.1) is 0 Å². The van der Waals surface area contributed by atoms with Gasteiger partial charge in [0, 0.05) is 25.3 Å². The summed E-state index contributed by atoms with van der Waals surface area (Å²) in [5.74, 6) is 0.926. The monoisotopic (exact) mass is 519 g/mol. The number of rotatable bonds is 13. The number of aryl methyl sites for hydroxylation is 1. The number of nitrogens with two attached hydrogens (primary N) is 1. The highest BCUT2D eigenvalue weighted by molar-refractivity contribution is 5.87. The second kappa shape index (κ2) is 14.0. The highest BCUT2D eigenvalue weighted by Crippen LogP contribution is 2.39. The first-order chi connectivity index (χ1) is 18.5. The molecule has 1 aliphatic carbocycles. The summed E-state index contributed by atoms with van der Waals surface area (Å²) in [5.41, 5.74) is 14.7. The molecular formula is C33H46FN3O. The molecule has 0 aromatic heterocycles. The van der Waals surface area contributed by atoms with Crippen LogP contribution in [-0.4, -0.2) is 62.3 Å². The first-order valence-corrected chi connectivity index (χ1v) is 14.5. The van der Waals surface area contributed by atoms with E-state index in [4.69, 9.17) is 10.5 Å². The lowest BCUT2D eigenvalue weighted by Gasteiger charge is -2.21. The summed E-state index contributed by atoms with van der Waals surface area (Å²) in [5, 5.41) is 0. The van der Waals surface area contributed by atoms with Crippen LogP contribution in [0.4, 0.5) is 10.1 Å². The SMILES string of the molecule is C=C(CCN(C)CC)C1=C(c2ccc(O[C@H]3CCN(CCCCCF)C3)cc2)c2ccc(N)cc2CCC1. The molecule has 1 fully saturated rings. The fraction of sp³-hybridized carbons (Fsp3) is 0.515. The van der Waals surface area contributed by atoms with Crippen LogP contribution < -0.4 is 10.5 Å². The van der Waals surface area contributed by atoms with Crippen molar-refractivity contribution in [1.82, 2.24) is 9.80 Å². The van der Waals surface area contributed by atoms with Gasteiger partial charge in [-0.25, -0.2) is 0 Å². The Hall–Kier alpha value is -2.63. The van der Waals surface area contributed by atoms with Crippen LogP contribution in [0.5, 0.6) is 5.75 Å². The Balaban J connectivity index is 1.52. The van der Waals surface area contributed by atoms with E-state index in [0.717, 1.165) is 89.1 Å². The van der Waals surface area contributed by atoms with E-state index in [1.165, 1.54) is 33.4 Å². The minimum Gasteiger partial charge on any atom is -0.489 e. The molecule has 5 heteroatoms. The van der Waals surface area contributed by atoms with E-state index in [2.05, 4.69) is 66.7 Å². The molecule has 0 unspecified atom stereocenters. The minimum atomic E-state index is -0.204. The zero-order chi connectivity index (χ0) is 26.9. The van der Waals surface area contributed by atoms with Gasteiger partial charge in [-0.2, -0.15) is 0 Å². The van der Waals surface area contributed by atoms with E-state index >= 15 is 0 Å². The minimum absolute atomic E-state index is 0.204. The number of anilines is 1. The molecule has 0 amide bonds. The molecule has 0 radical (unpaired) electrons. The summed E-state index contributed by atoms with van der Waals surface area (Å²) in [6.07, 6.45) is 8.11. The molecular weight excluding hydrogens is 473 g/mol. The van der Waals surface area contributed by atoms with Crippen molar-refractivity contribution in [1.29, 1.82) is 0 Å². The number of nitrogen functional groups attached to an aromatic ring is 1. The van der Waals surface area contributed by atoms with Crippen molar-refractivity contribution in [2.45, 2.75) is 64.4 Å². The van der Waals surface area contributed by atoms with E-state index in [0.29, 0.717) is 6.42 Å². The second-order valence-electron chi connectivity index (χ2n) is 11.0. The Bertz CT molecular complexity index is 1090. The lowest BCUT2D eigenvalue weighted by Crippen LogP contribution is -2.25. The van der Waals surface area contributed by atoms with Crippen molar-refractivity contribution in [3.8, 4) is 5.75 Å². The number of halogens is 1. The predicted molar refractivity (Wildman–Crippen MR) is 158 cm³/mol. The summed E-state index contributed by atoms with van der Waals surface area (Å²) in [7, 11) is 2.17. The number of hydrogen-bond acceptors (Lipinski definition) is 4. The van der Waals surface area contributed by atoms with Gasteiger partial charge in [-0.3, -0.25) is 9.29 Å². The zero-order valence-corrected chi connectivity index (χ0v) is 23.5. The quantitative estimate of drug-likeness (QED) is 0.231. The first-order valence-electron chi connectivity index (χ1n) is 14.5. The van der Waals surface area contributed by atoms with Gasteiger partial charge < -0.3 is 15.4 Å². The fourth-order valence-corrected chi connectivity index (χ4v) is 5.72. The number of unbranched alkanes of at least 4 members (excludes halogenated alkanes) is 2. The van der Waals surface area contributed by atoms with Gasteiger partial charge in [0.2, 0.25) is 0 Å². The third kappa shape index (κ3) is 7.48. The van der Waals surface area contributed by atoms with Crippen LogP contribution in [0.1, 0.15) is 68.6 Å². The predicted octanol–water partition coefficient (Wildman–Crippen LogP) is 6.90. The van der Waals surface area contributed by atoms with Crippen LogP contribution in [-0.2, 0) is 6.42 Å². The van der Waals surface area contributed by atoms with Gasteiger partial charge in [0.25, 0.3) is 0 Å². The number of allylic oxidation sites excluding steroid dienone is 1. The molecule has 0 bridgehead atoms. The molecule has 2 aromatic carbocycles. The fourth-order valence-electron chi connectivity index (χ4n) is 5.72. The summed E-state index contributed by atoms with van der Waals surface area (Å²) >= 11 is 0. The maximum Gasteiger partial charge on any atom is 0.119 e. The third-order valence-electron chi connectivity index (χ3n) is 8.12. The standard InChI is InChI=1S/C33H46FN3O/c1-4-36(3)21-17-25(2)31-10-8-9-27-23-28(35)13-16-32(27)33(31)26-11-14-29(15-12-26)38-30-18-22-37(24-30)20-7-5-6-19-34/h11-16,23,30H,2,4-10,17-22,24,35H2,1,3H3/t30-/m0/s1. The van der Waals surface area contributed by atoms with Crippen molar-refractivity contribution in [3.05, 3.63) is 76.9 Å². The molecule has 1 aliphatic heterocycles. The number of fused-ring (bicyclic) bond motifs is 1. The molecule has 2 N–H and O–H groups in total. The lowest BCUT2D eigenvalue weighted by atomic mass is 9.87. The third-order valence-corrected chi connectivity index (χ3v) is 8.12. The van der Waals surface area contributed by atoms with E-state index in [1.807, 2.05) is 6.07 Å². The average Bonchev–Trinajstić information content (AvgIpc) is 3.28. The van der Waals surface area contributed by atoms with Crippen molar-refractivity contribution < 1.29 is 9.13 Å². The van der Waals surface area contributed by atoms with Gasteiger partial charge in [0.15, 0.2) is 0 Å². The molecule has 1 heterocycles. The van der Waals surface area contributed by atoms with Crippen LogP contribution in [0.3, 0.4) is 0 Å². The highest BCUT2D eigenvalue weighted by atomic mass is 19.1. The molecule has 0 spiro atoms. The Morgan fingerprint density at radius 3 is 2.71 bits per heavy atom. The largest absolute Gasteiger partial charge is 0.489 e. The lowest BCUT2D eigenvalue weighted by molar-refractivity contribution is 0.199. The number of ether oxygens (including phenoxy) is 1. The van der Waals surface area contributed by atoms with E-state index in [-0.39, 0.29) is 12.8 Å². The molecule has 4 rings (SSSR count). The Kier molecular flexibility index (Phi) is 10.4. The number of likely N-dealkylation sites (tertiary alicyclic amines) is 1. The smallest absolute Gasteiger partial charge is 0.119 e. The van der Waals surface area contributed by atoms with E-state index in [9.17, 15) is 4.39 Å². The highest BCUT2D eigenvalue weighted by Gasteiger charge is 2.24. The van der Waals surface area contributed by atoms with Crippen LogP contribution in [0.15, 0.2) is 60.2 Å². The molecule has 1 saturated heterocycles. The summed E-state index contributed by atoms with van der Waals surface area (Å²) < 4.78 is 18.7. The van der Waals surface area contributed by atoms with Gasteiger partial charge in [0.1, 0.15) is 11.9 Å². The number of benzene rings is 2. The molecule has 0 saturated carbocycles. The van der Waals surface area contributed by atoms with Gasteiger partial charge in [-0.15, -0.1) is 0 Å². The Morgan fingerprint density at radius 1 is 1.13 bits per heavy atom. The molecule has 38 heavy (non-hydrogen) atoms.